The van der Waals surface area contributed by atoms with Gasteiger partial charge in [-0.05, 0) is 173 Å². The van der Waals surface area contributed by atoms with Gasteiger partial charge in [-0.15, -0.1) is 0 Å². The standard InChI is InChI=1S/C53H60N6/c1-51(2,3)37-8-12-41-42-13-9-38(52-31-34-24-35(32-52)26-36(25-34)33-52)28-46(42)53(45(41)27-37)47-29-39(58-22-6-20-56-18-4-16-54-49(56)58)10-14-43(47)44-15-11-40(30-48(44)53)59-23-7-21-57-19-5-17-55-50(57)59/h8-15,27-30,34-36H,4-7,16-26,31-33H2,1-3H3. The Labute approximate surface area is 351 Å². The van der Waals surface area contributed by atoms with Gasteiger partial charge in [-0.2, -0.15) is 0 Å². The van der Waals surface area contributed by atoms with Crippen molar-refractivity contribution < 1.29 is 0 Å². The molecule has 0 amide bonds. The number of nitrogens with zero attached hydrogens (tertiary/aromatic N) is 6. The van der Waals surface area contributed by atoms with E-state index in [1.165, 1.54) is 112 Å². The zero-order valence-electron chi connectivity index (χ0n) is 35.6. The van der Waals surface area contributed by atoms with E-state index in [2.05, 4.69) is 113 Å². The molecule has 2 saturated heterocycles. The van der Waals surface area contributed by atoms with E-state index >= 15 is 0 Å². The Morgan fingerprint density at radius 2 is 0.966 bits per heavy atom. The molecule has 4 aromatic rings. The number of rotatable bonds is 3. The molecule has 0 atom stereocenters. The molecule has 6 heteroatoms. The molecular formula is C53H60N6. The molecule has 6 aliphatic carbocycles. The largest absolute Gasteiger partial charge is 0.342 e. The Balaban J connectivity index is 1.08. The first-order valence-electron chi connectivity index (χ1n) is 23.5. The fourth-order valence-electron chi connectivity index (χ4n) is 14.5. The highest BCUT2D eigenvalue weighted by Crippen LogP contribution is 2.66. The van der Waals surface area contributed by atoms with Crippen molar-refractivity contribution in [2.75, 3.05) is 62.2 Å². The summed E-state index contributed by atoms with van der Waals surface area (Å²) in [5.74, 6) is 5.09. The van der Waals surface area contributed by atoms with Crippen LogP contribution in [0.25, 0.3) is 22.3 Å². The van der Waals surface area contributed by atoms with Gasteiger partial charge in [-0.3, -0.25) is 9.98 Å². The number of hydrogen-bond acceptors (Lipinski definition) is 6. The van der Waals surface area contributed by atoms with E-state index < -0.39 is 5.41 Å². The molecule has 0 unspecified atom stereocenters. The van der Waals surface area contributed by atoms with Gasteiger partial charge in [0.05, 0.1) is 5.41 Å². The minimum Gasteiger partial charge on any atom is -0.342 e. The van der Waals surface area contributed by atoms with Gasteiger partial charge in [-0.25, -0.2) is 0 Å². The highest BCUT2D eigenvalue weighted by Gasteiger charge is 2.55. The van der Waals surface area contributed by atoms with Gasteiger partial charge in [0, 0.05) is 63.7 Å². The van der Waals surface area contributed by atoms with Crippen LogP contribution in [0, 0.1) is 17.8 Å². The molecule has 6 nitrogen and oxygen atoms in total. The zero-order valence-corrected chi connectivity index (χ0v) is 35.6. The van der Waals surface area contributed by atoms with Crippen LogP contribution in [-0.4, -0.2) is 74.1 Å². The second-order valence-electron chi connectivity index (χ2n) is 21.2. The smallest absolute Gasteiger partial charge is 0.201 e. The molecule has 1 spiro atoms. The maximum Gasteiger partial charge on any atom is 0.201 e. The number of anilines is 2. The molecule has 0 N–H and O–H groups in total. The summed E-state index contributed by atoms with van der Waals surface area (Å²) in [7, 11) is 0. The van der Waals surface area contributed by atoms with Crippen LogP contribution >= 0.6 is 0 Å². The summed E-state index contributed by atoms with van der Waals surface area (Å²) in [5, 5.41) is 0. The Morgan fingerprint density at radius 3 is 1.49 bits per heavy atom. The summed E-state index contributed by atoms with van der Waals surface area (Å²) in [5.41, 5.74) is 17.1. The minimum atomic E-state index is -0.436. The third kappa shape index (κ3) is 4.98. The van der Waals surface area contributed by atoms with E-state index in [-0.39, 0.29) is 5.41 Å². The molecule has 4 heterocycles. The number of aliphatic imine (C=N–C) groups is 2. The van der Waals surface area contributed by atoms with Crippen molar-refractivity contribution in [3.63, 3.8) is 0 Å². The van der Waals surface area contributed by atoms with Crippen LogP contribution < -0.4 is 9.80 Å². The first-order chi connectivity index (χ1) is 28.8. The Kier molecular flexibility index (Phi) is 7.45. The Morgan fingerprint density at radius 1 is 0.508 bits per heavy atom. The summed E-state index contributed by atoms with van der Waals surface area (Å²) in [6, 6.07) is 30.6. The highest BCUT2D eigenvalue weighted by molar-refractivity contribution is 6.02. The highest BCUT2D eigenvalue weighted by atomic mass is 15.4. The van der Waals surface area contributed by atoms with Crippen LogP contribution in [0.3, 0.4) is 0 Å². The molecule has 0 radical (unpaired) electrons. The quantitative estimate of drug-likeness (QED) is 0.179. The maximum absolute atomic E-state index is 5.19. The fraction of sp³-hybridized carbons (Fsp3) is 0.509. The van der Waals surface area contributed by atoms with Gasteiger partial charge in [0.1, 0.15) is 0 Å². The normalized spacial score (nSPS) is 28.2. The lowest BCUT2D eigenvalue weighted by Gasteiger charge is -2.57. The second-order valence-corrected chi connectivity index (χ2v) is 21.2. The monoisotopic (exact) mass is 780 g/mol. The predicted octanol–water partition coefficient (Wildman–Crippen LogP) is 10.3. The molecular weight excluding hydrogens is 721 g/mol. The van der Waals surface area contributed by atoms with Gasteiger partial charge < -0.3 is 19.6 Å². The van der Waals surface area contributed by atoms with Gasteiger partial charge in [-0.1, -0.05) is 69.3 Å². The molecule has 59 heavy (non-hydrogen) atoms. The average Bonchev–Trinajstić information content (AvgIpc) is 3.71. The topological polar surface area (TPSA) is 37.7 Å². The van der Waals surface area contributed by atoms with Crippen LogP contribution in [0.4, 0.5) is 11.4 Å². The van der Waals surface area contributed by atoms with Crippen LogP contribution in [0.2, 0.25) is 0 Å². The first-order valence-corrected chi connectivity index (χ1v) is 23.5. The van der Waals surface area contributed by atoms with Crippen LogP contribution in [0.5, 0.6) is 0 Å². The van der Waals surface area contributed by atoms with E-state index in [0.717, 1.165) is 95.8 Å². The van der Waals surface area contributed by atoms with Gasteiger partial charge in [0.25, 0.3) is 0 Å². The lowest BCUT2D eigenvalue weighted by molar-refractivity contribution is -0.00522. The third-order valence-corrected chi connectivity index (χ3v) is 16.7. The van der Waals surface area contributed by atoms with E-state index in [9.17, 15) is 0 Å². The molecule has 6 fully saturated rings. The van der Waals surface area contributed by atoms with Crippen LogP contribution in [-0.2, 0) is 16.2 Å². The van der Waals surface area contributed by atoms with Crippen LogP contribution in [0.1, 0.15) is 118 Å². The molecule has 14 rings (SSSR count). The zero-order chi connectivity index (χ0) is 39.3. The minimum absolute atomic E-state index is 0.0239. The van der Waals surface area contributed by atoms with Crippen molar-refractivity contribution in [2.45, 2.75) is 101 Å². The van der Waals surface area contributed by atoms with E-state index in [4.69, 9.17) is 9.98 Å². The van der Waals surface area contributed by atoms with E-state index in [1.54, 1.807) is 5.56 Å². The summed E-state index contributed by atoms with van der Waals surface area (Å²) >= 11 is 0. The third-order valence-electron chi connectivity index (χ3n) is 16.7. The molecule has 4 saturated carbocycles. The lowest BCUT2D eigenvalue weighted by Crippen LogP contribution is -2.52. The first kappa shape index (κ1) is 35.2. The van der Waals surface area contributed by atoms with Crippen LogP contribution in [0.15, 0.2) is 82.8 Å². The number of benzene rings is 4. The van der Waals surface area contributed by atoms with Crippen molar-refractivity contribution in [3.8, 4) is 22.3 Å². The van der Waals surface area contributed by atoms with Crippen molar-refractivity contribution >= 4 is 23.3 Å². The molecule has 4 aromatic carbocycles. The Bertz CT molecular complexity index is 2360. The number of hydrogen-bond donors (Lipinski definition) is 0. The summed E-state index contributed by atoms with van der Waals surface area (Å²) in [6.45, 7) is 15.5. The van der Waals surface area contributed by atoms with Gasteiger partial charge >= 0.3 is 0 Å². The molecule has 4 bridgehead atoms. The number of fused-ring (bicyclic) bond motifs is 12. The molecule has 302 valence electrons. The second kappa shape index (κ2) is 12.5. The average molecular weight is 781 g/mol. The fourth-order valence-corrected chi connectivity index (χ4v) is 14.5. The van der Waals surface area contributed by atoms with Gasteiger partial charge in [0.15, 0.2) is 0 Å². The van der Waals surface area contributed by atoms with E-state index in [1.807, 2.05) is 0 Å². The van der Waals surface area contributed by atoms with Crippen molar-refractivity contribution in [2.24, 2.45) is 27.7 Å². The summed E-state index contributed by atoms with van der Waals surface area (Å²) in [4.78, 5) is 20.6. The predicted molar refractivity (Wildman–Crippen MR) is 242 cm³/mol. The van der Waals surface area contributed by atoms with Gasteiger partial charge in [0.2, 0.25) is 11.9 Å². The molecule has 10 aliphatic rings. The number of guanidine groups is 2. The van der Waals surface area contributed by atoms with Crippen molar-refractivity contribution in [3.05, 3.63) is 106 Å². The Hall–Kier alpha value is -4.58. The molecule has 0 aromatic heterocycles. The van der Waals surface area contributed by atoms with Crippen molar-refractivity contribution in [1.29, 1.82) is 0 Å². The SMILES string of the molecule is CC(C)(C)c1ccc2c(c1)C1(c3cc(N4CCCN5CCCN=C54)ccc3-c3ccc(N4CCCN5CCCN=C54)cc31)c1cc(C34CC5CC(CC(C5)C3)C4)ccc1-2. The summed E-state index contributed by atoms with van der Waals surface area (Å²) in [6.07, 6.45) is 13.2. The maximum atomic E-state index is 5.19. The van der Waals surface area contributed by atoms with E-state index in [0.29, 0.717) is 5.41 Å². The van der Waals surface area contributed by atoms with Crippen molar-refractivity contribution in [1.82, 2.24) is 9.80 Å². The lowest BCUT2D eigenvalue weighted by atomic mass is 9.48. The summed E-state index contributed by atoms with van der Waals surface area (Å²) < 4.78 is 0. The molecule has 4 aliphatic heterocycles.